The third kappa shape index (κ3) is 3.35. The molecule has 0 aliphatic carbocycles. The average Bonchev–Trinajstić information content (AvgIpc) is 2.46. The normalized spacial score (nSPS) is 18.6. The van der Waals surface area contributed by atoms with E-state index in [1.54, 1.807) is 0 Å². The standard InChI is InChI=1S/C16H24N2O/c1-12(2)15(17)16(19)18-10-8-14(9-11-18)13-6-4-3-5-7-13/h3-7,12,14-15H,8-11,17H2,1-2H3. The number of nitrogens with zero attached hydrogens (tertiary/aromatic N) is 1. The number of hydrogen-bond donors (Lipinski definition) is 1. The van der Waals surface area contributed by atoms with Crippen LogP contribution < -0.4 is 5.73 Å². The van der Waals surface area contributed by atoms with Crippen LogP contribution in [0.2, 0.25) is 0 Å². The molecule has 0 saturated carbocycles. The highest BCUT2D eigenvalue weighted by Crippen LogP contribution is 2.28. The zero-order valence-electron chi connectivity index (χ0n) is 11.9. The molecule has 2 rings (SSSR count). The van der Waals surface area contributed by atoms with Gasteiger partial charge in [0.25, 0.3) is 0 Å². The van der Waals surface area contributed by atoms with Crippen LogP contribution in [0.4, 0.5) is 0 Å². The van der Waals surface area contributed by atoms with E-state index in [-0.39, 0.29) is 17.9 Å². The van der Waals surface area contributed by atoms with Gasteiger partial charge in [0.2, 0.25) is 5.91 Å². The molecule has 1 aliphatic heterocycles. The number of nitrogens with two attached hydrogens (primary N) is 1. The van der Waals surface area contributed by atoms with Gasteiger partial charge in [-0.15, -0.1) is 0 Å². The lowest BCUT2D eigenvalue weighted by molar-refractivity contribution is -0.134. The van der Waals surface area contributed by atoms with Gasteiger partial charge in [0.05, 0.1) is 6.04 Å². The number of carbonyl (C=O) groups excluding carboxylic acids is 1. The van der Waals surface area contributed by atoms with Gasteiger partial charge in [0.15, 0.2) is 0 Å². The predicted octanol–water partition coefficient (Wildman–Crippen LogP) is 2.38. The number of piperidine rings is 1. The maximum atomic E-state index is 12.2. The molecule has 1 saturated heterocycles. The third-order valence-corrected chi connectivity index (χ3v) is 4.08. The van der Waals surface area contributed by atoms with Gasteiger partial charge in [0.1, 0.15) is 0 Å². The fourth-order valence-electron chi connectivity index (χ4n) is 2.65. The lowest BCUT2D eigenvalue weighted by Crippen LogP contribution is -2.49. The summed E-state index contributed by atoms with van der Waals surface area (Å²) in [6.45, 7) is 5.66. The molecule has 0 aromatic heterocycles. The second-order valence-corrected chi connectivity index (χ2v) is 5.78. The number of benzene rings is 1. The van der Waals surface area contributed by atoms with Crippen molar-refractivity contribution in [1.29, 1.82) is 0 Å². The van der Waals surface area contributed by atoms with Gasteiger partial charge in [-0.2, -0.15) is 0 Å². The molecule has 1 heterocycles. The van der Waals surface area contributed by atoms with Gasteiger partial charge in [0, 0.05) is 13.1 Å². The molecule has 104 valence electrons. The molecule has 2 N–H and O–H groups in total. The number of hydrogen-bond acceptors (Lipinski definition) is 2. The largest absolute Gasteiger partial charge is 0.341 e. The van der Waals surface area contributed by atoms with Crippen molar-refractivity contribution >= 4 is 5.91 Å². The summed E-state index contributed by atoms with van der Waals surface area (Å²) in [7, 11) is 0. The summed E-state index contributed by atoms with van der Waals surface area (Å²) in [5.74, 6) is 0.904. The van der Waals surface area contributed by atoms with Gasteiger partial charge < -0.3 is 10.6 Å². The van der Waals surface area contributed by atoms with Crippen LogP contribution in [0.25, 0.3) is 0 Å². The minimum atomic E-state index is -0.353. The van der Waals surface area contributed by atoms with E-state index in [0.29, 0.717) is 5.92 Å². The number of likely N-dealkylation sites (tertiary alicyclic amines) is 1. The smallest absolute Gasteiger partial charge is 0.239 e. The van der Waals surface area contributed by atoms with Gasteiger partial charge >= 0.3 is 0 Å². The molecule has 0 radical (unpaired) electrons. The van der Waals surface area contributed by atoms with Crippen molar-refractivity contribution in [2.45, 2.75) is 38.6 Å². The van der Waals surface area contributed by atoms with E-state index >= 15 is 0 Å². The van der Waals surface area contributed by atoms with Gasteiger partial charge in [-0.3, -0.25) is 4.79 Å². The van der Waals surface area contributed by atoms with E-state index < -0.39 is 0 Å². The number of carbonyl (C=O) groups is 1. The minimum Gasteiger partial charge on any atom is -0.341 e. The summed E-state index contributed by atoms with van der Waals surface area (Å²) >= 11 is 0. The Morgan fingerprint density at radius 3 is 2.32 bits per heavy atom. The van der Waals surface area contributed by atoms with E-state index in [2.05, 4.69) is 24.3 Å². The molecule has 1 aromatic rings. The summed E-state index contributed by atoms with van der Waals surface area (Å²) < 4.78 is 0. The quantitative estimate of drug-likeness (QED) is 0.907. The Morgan fingerprint density at radius 2 is 1.79 bits per heavy atom. The van der Waals surface area contributed by atoms with Crippen LogP contribution in [-0.2, 0) is 4.79 Å². The van der Waals surface area contributed by atoms with Crippen LogP contribution in [-0.4, -0.2) is 29.9 Å². The van der Waals surface area contributed by atoms with Crippen molar-refractivity contribution in [2.75, 3.05) is 13.1 Å². The van der Waals surface area contributed by atoms with Crippen molar-refractivity contribution in [2.24, 2.45) is 11.7 Å². The highest BCUT2D eigenvalue weighted by Gasteiger charge is 2.28. The predicted molar refractivity (Wildman–Crippen MR) is 77.8 cm³/mol. The Labute approximate surface area is 115 Å². The number of rotatable bonds is 3. The molecule has 1 amide bonds. The Morgan fingerprint density at radius 1 is 1.21 bits per heavy atom. The molecule has 1 aliphatic rings. The molecule has 0 bridgehead atoms. The zero-order valence-corrected chi connectivity index (χ0v) is 11.9. The Bertz CT molecular complexity index is 408. The SMILES string of the molecule is CC(C)C(N)C(=O)N1CCC(c2ccccc2)CC1. The lowest BCUT2D eigenvalue weighted by Gasteiger charge is -2.34. The van der Waals surface area contributed by atoms with E-state index in [9.17, 15) is 4.79 Å². The van der Waals surface area contributed by atoms with E-state index in [4.69, 9.17) is 5.73 Å². The van der Waals surface area contributed by atoms with Crippen LogP contribution in [0.3, 0.4) is 0 Å². The Hall–Kier alpha value is -1.35. The summed E-state index contributed by atoms with van der Waals surface area (Å²) in [5, 5.41) is 0. The summed E-state index contributed by atoms with van der Waals surface area (Å²) in [5.41, 5.74) is 7.34. The van der Waals surface area contributed by atoms with Gasteiger partial charge in [-0.25, -0.2) is 0 Å². The van der Waals surface area contributed by atoms with Crippen molar-refractivity contribution in [3.63, 3.8) is 0 Å². The molecule has 0 spiro atoms. The van der Waals surface area contributed by atoms with Crippen LogP contribution >= 0.6 is 0 Å². The molecular weight excluding hydrogens is 236 g/mol. The highest BCUT2D eigenvalue weighted by atomic mass is 16.2. The second kappa shape index (κ2) is 6.20. The van der Waals surface area contributed by atoms with E-state index in [1.165, 1.54) is 5.56 Å². The van der Waals surface area contributed by atoms with Crippen LogP contribution in [0, 0.1) is 5.92 Å². The first-order chi connectivity index (χ1) is 9.09. The van der Waals surface area contributed by atoms with E-state index in [0.717, 1.165) is 25.9 Å². The molecule has 3 nitrogen and oxygen atoms in total. The Balaban J connectivity index is 1.91. The molecule has 1 unspecified atom stereocenters. The monoisotopic (exact) mass is 260 g/mol. The molecular formula is C16H24N2O. The molecule has 19 heavy (non-hydrogen) atoms. The average molecular weight is 260 g/mol. The van der Waals surface area contributed by atoms with Crippen molar-refractivity contribution in [1.82, 2.24) is 4.90 Å². The first-order valence-corrected chi connectivity index (χ1v) is 7.19. The highest BCUT2D eigenvalue weighted by molar-refractivity contribution is 5.82. The lowest BCUT2D eigenvalue weighted by atomic mass is 9.89. The first kappa shape index (κ1) is 14.1. The minimum absolute atomic E-state index is 0.113. The zero-order chi connectivity index (χ0) is 13.8. The van der Waals surface area contributed by atoms with Crippen molar-refractivity contribution < 1.29 is 4.79 Å². The molecule has 1 aromatic carbocycles. The fourth-order valence-corrected chi connectivity index (χ4v) is 2.65. The van der Waals surface area contributed by atoms with Gasteiger partial charge in [-0.05, 0) is 30.2 Å². The van der Waals surface area contributed by atoms with Crippen molar-refractivity contribution in [3.8, 4) is 0 Å². The second-order valence-electron chi connectivity index (χ2n) is 5.78. The van der Waals surface area contributed by atoms with E-state index in [1.807, 2.05) is 24.8 Å². The fraction of sp³-hybridized carbons (Fsp3) is 0.562. The maximum absolute atomic E-state index is 12.2. The summed E-state index contributed by atoms with van der Waals surface area (Å²) in [6, 6.07) is 10.2. The summed E-state index contributed by atoms with van der Waals surface area (Å²) in [6.07, 6.45) is 2.08. The van der Waals surface area contributed by atoms with Crippen LogP contribution in [0.1, 0.15) is 38.2 Å². The maximum Gasteiger partial charge on any atom is 0.239 e. The topological polar surface area (TPSA) is 46.3 Å². The van der Waals surface area contributed by atoms with Crippen molar-refractivity contribution in [3.05, 3.63) is 35.9 Å². The molecule has 1 atom stereocenters. The third-order valence-electron chi connectivity index (χ3n) is 4.08. The summed E-state index contributed by atoms with van der Waals surface area (Å²) in [4.78, 5) is 14.1. The van der Waals surface area contributed by atoms with Crippen LogP contribution in [0.5, 0.6) is 0 Å². The van der Waals surface area contributed by atoms with Crippen LogP contribution in [0.15, 0.2) is 30.3 Å². The first-order valence-electron chi connectivity index (χ1n) is 7.19. The van der Waals surface area contributed by atoms with Gasteiger partial charge in [-0.1, -0.05) is 44.2 Å². The molecule has 3 heteroatoms. The Kier molecular flexibility index (Phi) is 4.59. The number of amides is 1. The molecule has 1 fully saturated rings.